The minimum Gasteiger partial charge on any atom is -0.491 e. The maximum absolute atomic E-state index is 5.66. The molecule has 25 heavy (non-hydrogen) atoms. The third-order valence-electron chi connectivity index (χ3n) is 4.16. The Bertz CT molecular complexity index is 772. The number of hydrogen-bond donors (Lipinski definition) is 0. The van der Waals surface area contributed by atoms with Crippen LogP contribution in [0.3, 0.4) is 0 Å². The second-order valence-electron chi connectivity index (χ2n) is 6.01. The molecule has 0 atom stereocenters. The van der Waals surface area contributed by atoms with Crippen LogP contribution < -0.4 is 4.74 Å². The van der Waals surface area contributed by atoms with Crippen molar-refractivity contribution in [1.29, 1.82) is 0 Å². The lowest BCUT2D eigenvalue weighted by molar-refractivity contribution is 0.110. The summed E-state index contributed by atoms with van der Waals surface area (Å²) in [6.45, 7) is 6.02. The van der Waals surface area contributed by atoms with Gasteiger partial charge in [-0.3, -0.25) is 0 Å². The number of aryl methyl sites for hydroxylation is 1. The number of benzene rings is 3. The van der Waals surface area contributed by atoms with Gasteiger partial charge in [-0.2, -0.15) is 0 Å². The summed E-state index contributed by atoms with van der Waals surface area (Å²) in [6.07, 6.45) is 0. The summed E-state index contributed by atoms with van der Waals surface area (Å²) in [7, 11) is 0. The third-order valence-corrected chi connectivity index (χ3v) is 4.16. The largest absolute Gasteiger partial charge is 0.491 e. The molecule has 0 unspecified atom stereocenters. The van der Waals surface area contributed by atoms with Crippen LogP contribution in [0.1, 0.15) is 12.5 Å². The van der Waals surface area contributed by atoms with Crippen LogP contribution in [0.2, 0.25) is 0 Å². The van der Waals surface area contributed by atoms with E-state index in [9.17, 15) is 0 Å². The topological polar surface area (TPSA) is 18.5 Å². The average molecular weight is 332 g/mol. The first kappa shape index (κ1) is 17.2. The van der Waals surface area contributed by atoms with Crippen LogP contribution in [0.25, 0.3) is 22.3 Å². The molecule has 0 spiro atoms. The monoisotopic (exact) mass is 332 g/mol. The predicted molar refractivity (Wildman–Crippen MR) is 104 cm³/mol. The first-order valence-corrected chi connectivity index (χ1v) is 8.74. The Kier molecular flexibility index (Phi) is 5.86. The summed E-state index contributed by atoms with van der Waals surface area (Å²) < 4.78 is 10.9. The summed E-state index contributed by atoms with van der Waals surface area (Å²) in [4.78, 5) is 0. The summed E-state index contributed by atoms with van der Waals surface area (Å²) in [5.74, 6) is 0.875. The second kappa shape index (κ2) is 8.50. The second-order valence-corrected chi connectivity index (χ2v) is 6.01. The van der Waals surface area contributed by atoms with Crippen molar-refractivity contribution in [2.75, 3.05) is 19.8 Å². The molecule has 0 saturated carbocycles. The molecule has 0 radical (unpaired) electrons. The molecule has 0 aromatic heterocycles. The molecular weight excluding hydrogens is 308 g/mol. The Labute approximate surface area is 150 Å². The Hall–Kier alpha value is -2.58. The van der Waals surface area contributed by atoms with Gasteiger partial charge >= 0.3 is 0 Å². The molecule has 2 heteroatoms. The number of ether oxygens (including phenoxy) is 2. The lowest BCUT2D eigenvalue weighted by Crippen LogP contribution is -2.06. The molecule has 128 valence electrons. The standard InChI is InChI=1S/C23H24O2/c1-3-24-16-17-25-23-14-12-22(13-15-23)21-10-8-20(9-11-21)19-6-4-18(2)5-7-19/h4-15H,3,16-17H2,1-2H3. The van der Waals surface area contributed by atoms with Gasteiger partial charge in [0, 0.05) is 6.61 Å². The molecule has 0 saturated heterocycles. The van der Waals surface area contributed by atoms with Gasteiger partial charge in [0.25, 0.3) is 0 Å². The van der Waals surface area contributed by atoms with E-state index in [4.69, 9.17) is 9.47 Å². The number of hydrogen-bond acceptors (Lipinski definition) is 2. The summed E-state index contributed by atoms with van der Waals surface area (Å²) in [6, 6.07) is 25.5. The van der Waals surface area contributed by atoms with Crippen molar-refractivity contribution < 1.29 is 9.47 Å². The highest BCUT2D eigenvalue weighted by molar-refractivity contribution is 5.70. The minimum atomic E-state index is 0.582. The lowest BCUT2D eigenvalue weighted by atomic mass is 10.00. The van der Waals surface area contributed by atoms with E-state index in [-0.39, 0.29) is 0 Å². The molecular formula is C23H24O2. The van der Waals surface area contributed by atoms with E-state index in [2.05, 4.69) is 67.6 Å². The van der Waals surface area contributed by atoms with Gasteiger partial charge in [-0.1, -0.05) is 66.2 Å². The minimum absolute atomic E-state index is 0.582. The fraction of sp³-hybridized carbons (Fsp3) is 0.217. The molecule has 0 aliphatic rings. The molecule has 0 heterocycles. The first-order chi connectivity index (χ1) is 12.3. The highest BCUT2D eigenvalue weighted by Gasteiger charge is 2.01. The molecule has 3 aromatic rings. The zero-order valence-corrected chi connectivity index (χ0v) is 14.9. The van der Waals surface area contributed by atoms with E-state index in [0.29, 0.717) is 13.2 Å². The van der Waals surface area contributed by atoms with E-state index >= 15 is 0 Å². The molecule has 3 aromatic carbocycles. The van der Waals surface area contributed by atoms with Crippen LogP contribution >= 0.6 is 0 Å². The normalized spacial score (nSPS) is 10.6. The van der Waals surface area contributed by atoms with Crippen molar-refractivity contribution in [3.05, 3.63) is 78.4 Å². The molecule has 3 rings (SSSR count). The Morgan fingerprint density at radius 1 is 0.600 bits per heavy atom. The van der Waals surface area contributed by atoms with E-state index in [1.807, 2.05) is 19.1 Å². The highest BCUT2D eigenvalue weighted by atomic mass is 16.5. The van der Waals surface area contributed by atoms with Crippen molar-refractivity contribution in [3.8, 4) is 28.0 Å². The zero-order chi connectivity index (χ0) is 17.5. The van der Waals surface area contributed by atoms with E-state index in [0.717, 1.165) is 12.4 Å². The Balaban J connectivity index is 1.66. The van der Waals surface area contributed by atoms with E-state index in [1.54, 1.807) is 0 Å². The molecule has 0 aliphatic heterocycles. The Morgan fingerprint density at radius 2 is 1.04 bits per heavy atom. The summed E-state index contributed by atoms with van der Waals surface area (Å²) >= 11 is 0. The quantitative estimate of drug-likeness (QED) is 0.513. The van der Waals surface area contributed by atoms with Crippen LogP contribution in [0.15, 0.2) is 72.8 Å². The van der Waals surface area contributed by atoms with Crippen molar-refractivity contribution in [1.82, 2.24) is 0 Å². The number of rotatable bonds is 7. The maximum Gasteiger partial charge on any atom is 0.119 e. The fourth-order valence-electron chi connectivity index (χ4n) is 2.71. The summed E-state index contributed by atoms with van der Waals surface area (Å²) in [5, 5.41) is 0. The van der Waals surface area contributed by atoms with Crippen molar-refractivity contribution in [2.45, 2.75) is 13.8 Å². The van der Waals surface area contributed by atoms with Crippen LogP contribution in [-0.2, 0) is 4.74 Å². The molecule has 2 nitrogen and oxygen atoms in total. The lowest BCUT2D eigenvalue weighted by Gasteiger charge is -2.08. The fourth-order valence-corrected chi connectivity index (χ4v) is 2.71. The molecule has 0 N–H and O–H groups in total. The third kappa shape index (κ3) is 4.71. The van der Waals surface area contributed by atoms with E-state index in [1.165, 1.54) is 27.8 Å². The Morgan fingerprint density at radius 3 is 1.52 bits per heavy atom. The van der Waals surface area contributed by atoms with Crippen LogP contribution in [0, 0.1) is 6.92 Å². The van der Waals surface area contributed by atoms with Crippen molar-refractivity contribution in [3.63, 3.8) is 0 Å². The van der Waals surface area contributed by atoms with Gasteiger partial charge in [-0.15, -0.1) is 0 Å². The van der Waals surface area contributed by atoms with Gasteiger partial charge in [-0.05, 0) is 48.2 Å². The average Bonchev–Trinajstić information content (AvgIpc) is 2.67. The van der Waals surface area contributed by atoms with E-state index < -0.39 is 0 Å². The van der Waals surface area contributed by atoms with Gasteiger partial charge in [0.1, 0.15) is 12.4 Å². The smallest absolute Gasteiger partial charge is 0.119 e. The molecule has 0 bridgehead atoms. The van der Waals surface area contributed by atoms with Gasteiger partial charge in [-0.25, -0.2) is 0 Å². The zero-order valence-electron chi connectivity index (χ0n) is 14.9. The maximum atomic E-state index is 5.66. The van der Waals surface area contributed by atoms with Crippen molar-refractivity contribution >= 4 is 0 Å². The predicted octanol–water partition coefficient (Wildman–Crippen LogP) is 5.74. The molecule has 0 amide bonds. The molecule has 0 fully saturated rings. The molecule has 0 aliphatic carbocycles. The van der Waals surface area contributed by atoms with Gasteiger partial charge < -0.3 is 9.47 Å². The van der Waals surface area contributed by atoms with Crippen molar-refractivity contribution in [2.24, 2.45) is 0 Å². The highest BCUT2D eigenvalue weighted by Crippen LogP contribution is 2.26. The first-order valence-electron chi connectivity index (χ1n) is 8.74. The van der Waals surface area contributed by atoms with Gasteiger partial charge in [0.05, 0.1) is 6.61 Å². The SMILES string of the molecule is CCOCCOc1ccc(-c2ccc(-c3ccc(C)cc3)cc2)cc1. The van der Waals surface area contributed by atoms with Crippen LogP contribution in [0.5, 0.6) is 5.75 Å². The summed E-state index contributed by atoms with van der Waals surface area (Å²) in [5.41, 5.74) is 6.16. The van der Waals surface area contributed by atoms with Crippen LogP contribution in [0.4, 0.5) is 0 Å². The van der Waals surface area contributed by atoms with Gasteiger partial charge in [0.2, 0.25) is 0 Å². The van der Waals surface area contributed by atoms with Gasteiger partial charge in [0.15, 0.2) is 0 Å². The van der Waals surface area contributed by atoms with Crippen LogP contribution in [-0.4, -0.2) is 19.8 Å².